The molecule has 1 aromatic heterocycles. The zero-order valence-electron chi connectivity index (χ0n) is 16.8. The molecule has 146 valence electrons. The topological polar surface area (TPSA) is 51.9 Å². The van der Waals surface area contributed by atoms with Gasteiger partial charge in [0.2, 0.25) is 0 Å². The van der Waals surface area contributed by atoms with Crippen LogP contribution in [0.25, 0.3) is 11.0 Å². The molecule has 0 saturated carbocycles. The molecule has 3 aromatic rings. The number of aryl methyl sites for hydroxylation is 2. The van der Waals surface area contributed by atoms with Gasteiger partial charge in [-0.2, -0.15) is 0 Å². The van der Waals surface area contributed by atoms with Crippen LogP contribution in [0, 0.1) is 20.8 Å². The van der Waals surface area contributed by atoms with Crippen LogP contribution in [0.15, 0.2) is 39.5 Å². The highest BCUT2D eigenvalue weighted by atomic mass is 16.5. The van der Waals surface area contributed by atoms with Crippen LogP contribution in [0.1, 0.15) is 27.8 Å². The largest absolute Gasteiger partial charge is 0.497 e. The summed E-state index contributed by atoms with van der Waals surface area (Å²) >= 11 is 0. The third kappa shape index (κ3) is 3.27. The molecule has 0 spiro atoms. The van der Waals surface area contributed by atoms with Gasteiger partial charge < -0.3 is 13.9 Å². The number of hydrogen-bond donors (Lipinski definition) is 0. The third-order valence-corrected chi connectivity index (χ3v) is 5.64. The maximum absolute atomic E-state index is 12.1. The molecule has 0 fully saturated rings. The summed E-state index contributed by atoms with van der Waals surface area (Å²) in [4.78, 5) is 14.4. The van der Waals surface area contributed by atoms with E-state index in [0.29, 0.717) is 17.9 Å². The van der Waals surface area contributed by atoms with Gasteiger partial charge in [-0.3, -0.25) is 4.90 Å². The summed E-state index contributed by atoms with van der Waals surface area (Å²) in [6.07, 6.45) is 0.926. The van der Waals surface area contributed by atoms with E-state index in [2.05, 4.69) is 23.1 Å². The number of rotatable bonds is 4. The summed E-state index contributed by atoms with van der Waals surface area (Å²) in [5.74, 6) is 1.73. The van der Waals surface area contributed by atoms with Crippen LogP contribution in [-0.2, 0) is 13.0 Å². The van der Waals surface area contributed by atoms with Crippen molar-refractivity contribution < 1.29 is 13.9 Å². The molecule has 5 heteroatoms. The Morgan fingerprint density at radius 1 is 1.11 bits per heavy atom. The van der Waals surface area contributed by atoms with Gasteiger partial charge >= 0.3 is 5.63 Å². The molecule has 28 heavy (non-hydrogen) atoms. The summed E-state index contributed by atoms with van der Waals surface area (Å²) in [6.45, 7) is 7.99. The smallest absolute Gasteiger partial charge is 0.339 e. The number of fused-ring (bicyclic) bond motifs is 2. The molecule has 4 rings (SSSR count). The number of benzene rings is 2. The first-order valence-electron chi connectivity index (χ1n) is 9.52. The van der Waals surface area contributed by atoms with Gasteiger partial charge in [0.1, 0.15) is 23.8 Å². The average molecular weight is 379 g/mol. The van der Waals surface area contributed by atoms with Crippen LogP contribution in [-0.4, -0.2) is 25.3 Å². The molecule has 2 aromatic carbocycles. The van der Waals surface area contributed by atoms with Crippen LogP contribution in [0.5, 0.6) is 11.5 Å². The molecule has 5 nitrogen and oxygen atoms in total. The van der Waals surface area contributed by atoms with Crippen molar-refractivity contribution in [1.82, 2.24) is 4.90 Å². The maximum Gasteiger partial charge on any atom is 0.339 e. The van der Waals surface area contributed by atoms with Crippen LogP contribution in [0.2, 0.25) is 0 Å². The van der Waals surface area contributed by atoms with Crippen molar-refractivity contribution >= 4 is 11.0 Å². The normalized spacial score (nSPS) is 14.0. The fraction of sp³-hybridized carbons (Fsp3) is 0.348. The minimum absolute atomic E-state index is 0.274. The monoisotopic (exact) mass is 379 g/mol. The molecule has 0 radical (unpaired) electrons. The molecule has 1 aliphatic rings. The summed E-state index contributed by atoms with van der Waals surface area (Å²) in [5.41, 5.74) is 5.29. The van der Waals surface area contributed by atoms with E-state index in [4.69, 9.17) is 13.9 Å². The highest BCUT2D eigenvalue weighted by molar-refractivity contribution is 5.87. The number of nitrogens with zero attached hydrogens (tertiary/aromatic N) is 1. The van der Waals surface area contributed by atoms with Crippen molar-refractivity contribution in [2.45, 2.75) is 33.7 Å². The molecule has 0 aliphatic carbocycles. The third-order valence-electron chi connectivity index (χ3n) is 5.64. The van der Waals surface area contributed by atoms with E-state index < -0.39 is 0 Å². The Hall–Kier alpha value is -2.79. The molecular formula is C23H25NO4. The van der Waals surface area contributed by atoms with Crippen molar-refractivity contribution in [1.29, 1.82) is 0 Å². The lowest BCUT2D eigenvalue weighted by Gasteiger charge is -2.30. The van der Waals surface area contributed by atoms with Crippen molar-refractivity contribution in [2.24, 2.45) is 0 Å². The van der Waals surface area contributed by atoms with Crippen LogP contribution in [0.3, 0.4) is 0 Å². The van der Waals surface area contributed by atoms with E-state index in [1.807, 2.05) is 32.9 Å². The van der Waals surface area contributed by atoms with Crippen molar-refractivity contribution in [3.05, 3.63) is 68.6 Å². The van der Waals surface area contributed by atoms with E-state index in [1.54, 1.807) is 7.11 Å². The van der Waals surface area contributed by atoms with Gasteiger partial charge in [-0.05, 0) is 56.5 Å². The van der Waals surface area contributed by atoms with Crippen molar-refractivity contribution in [3.8, 4) is 11.5 Å². The SMILES string of the molecule is COc1cccc(CCN2COc3c(cc4c(C)c(C)c(=O)oc4c3C)C2)c1. The maximum atomic E-state index is 12.1. The highest BCUT2D eigenvalue weighted by Gasteiger charge is 2.23. The van der Waals surface area contributed by atoms with Gasteiger partial charge in [0.15, 0.2) is 0 Å². The van der Waals surface area contributed by atoms with E-state index in [9.17, 15) is 4.79 Å². The first-order valence-corrected chi connectivity index (χ1v) is 9.52. The van der Waals surface area contributed by atoms with Gasteiger partial charge in [-0.15, -0.1) is 0 Å². The first kappa shape index (κ1) is 18.6. The van der Waals surface area contributed by atoms with Gasteiger partial charge in [-0.1, -0.05) is 12.1 Å². The highest BCUT2D eigenvalue weighted by Crippen LogP contribution is 2.36. The Bertz CT molecular complexity index is 1100. The average Bonchev–Trinajstić information content (AvgIpc) is 2.72. The van der Waals surface area contributed by atoms with Crippen LogP contribution in [0.4, 0.5) is 0 Å². The second-order valence-corrected chi connectivity index (χ2v) is 7.43. The summed E-state index contributed by atoms with van der Waals surface area (Å²) in [5, 5.41) is 0.992. The molecule has 0 saturated heterocycles. The van der Waals surface area contributed by atoms with Gasteiger partial charge in [-0.25, -0.2) is 4.79 Å². The number of methoxy groups -OCH3 is 1. The standard InChI is InChI=1S/C23H25NO4/c1-14-15(2)23(25)28-22-16(3)21-18(11-20(14)22)12-24(13-27-21)9-8-17-6-5-7-19(10-17)26-4/h5-7,10-11H,8-9,12-13H2,1-4H3. The number of hydrogen-bond acceptors (Lipinski definition) is 5. The molecule has 1 aliphatic heterocycles. The number of ether oxygens (including phenoxy) is 2. The van der Waals surface area contributed by atoms with Crippen molar-refractivity contribution in [3.63, 3.8) is 0 Å². The van der Waals surface area contributed by atoms with Crippen molar-refractivity contribution in [2.75, 3.05) is 20.4 Å². The molecule has 0 unspecified atom stereocenters. The predicted molar refractivity (Wildman–Crippen MR) is 109 cm³/mol. The quantitative estimate of drug-likeness (QED) is 0.638. The molecule has 0 N–H and O–H groups in total. The zero-order valence-corrected chi connectivity index (χ0v) is 16.8. The Labute approximate surface area is 164 Å². The second-order valence-electron chi connectivity index (χ2n) is 7.43. The molecule has 2 heterocycles. The lowest BCUT2D eigenvalue weighted by molar-refractivity contribution is 0.0959. The summed E-state index contributed by atoms with van der Waals surface area (Å²) in [7, 11) is 1.69. The predicted octanol–water partition coefficient (Wildman–Crippen LogP) is 4.12. The molecular weight excluding hydrogens is 354 g/mol. The lowest BCUT2D eigenvalue weighted by Crippen LogP contribution is -2.34. The fourth-order valence-electron chi connectivity index (χ4n) is 3.81. The van der Waals surface area contributed by atoms with Crippen LogP contribution < -0.4 is 15.1 Å². The minimum Gasteiger partial charge on any atom is -0.497 e. The van der Waals surface area contributed by atoms with Gasteiger partial charge in [0.05, 0.1) is 7.11 Å². The van der Waals surface area contributed by atoms with Crippen LogP contribution >= 0.6 is 0 Å². The first-order chi connectivity index (χ1) is 13.5. The Morgan fingerprint density at radius 2 is 1.93 bits per heavy atom. The molecule has 0 bridgehead atoms. The summed E-state index contributed by atoms with van der Waals surface area (Å²) in [6, 6.07) is 10.3. The van der Waals surface area contributed by atoms with Gasteiger partial charge in [0, 0.05) is 35.2 Å². The molecule has 0 atom stereocenters. The van der Waals surface area contributed by atoms with E-state index >= 15 is 0 Å². The van der Waals surface area contributed by atoms with Gasteiger partial charge in [0.25, 0.3) is 0 Å². The lowest BCUT2D eigenvalue weighted by atomic mass is 9.99. The van der Waals surface area contributed by atoms with E-state index in [1.165, 1.54) is 5.56 Å². The minimum atomic E-state index is -0.274. The fourth-order valence-corrected chi connectivity index (χ4v) is 3.81. The van der Waals surface area contributed by atoms with E-state index in [-0.39, 0.29) is 5.63 Å². The Kier molecular flexibility index (Phi) is 4.85. The zero-order chi connectivity index (χ0) is 19.8. The Morgan fingerprint density at radius 3 is 2.71 bits per heavy atom. The summed E-state index contributed by atoms with van der Waals surface area (Å²) < 4.78 is 16.9. The Balaban J connectivity index is 1.59. The second kappa shape index (κ2) is 7.32. The molecule has 0 amide bonds. The van der Waals surface area contributed by atoms with E-state index in [0.717, 1.165) is 53.1 Å².